The monoisotopic (exact) mass is 413 g/mol. The van der Waals surface area contributed by atoms with Gasteiger partial charge in [0.25, 0.3) is 5.56 Å². The minimum atomic E-state index is -0.118. The van der Waals surface area contributed by atoms with Crippen molar-refractivity contribution in [2.24, 2.45) is 0 Å². The van der Waals surface area contributed by atoms with Gasteiger partial charge in [-0.15, -0.1) is 0 Å². The fourth-order valence-electron chi connectivity index (χ4n) is 6.42. The van der Waals surface area contributed by atoms with Gasteiger partial charge in [0.1, 0.15) is 0 Å². The van der Waals surface area contributed by atoms with Crippen molar-refractivity contribution in [3.8, 4) is 0 Å². The molecule has 5 heteroatoms. The van der Waals surface area contributed by atoms with E-state index < -0.39 is 0 Å². The summed E-state index contributed by atoms with van der Waals surface area (Å²) in [5.41, 5.74) is 1.64. The van der Waals surface area contributed by atoms with Crippen LogP contribution in [0.4, 0.5) is 0 Å². The fourth-order valence-corrected chi connectivity index (χ4v) is 6.60. The first-order chi connectivity index (χ1) is 14.2. The number of piperidine rings is 2. The largest absolute Gasteiger partial charge is 0.301 e. The number of nitrogens with zero attached hydrogens (tertiary/aromatic N) is 3. The highest BCUT2D eigenvalue weighted by Crippen LogP contribution is 2.42. The second kappa shape index (κ2) is 8.39. The van der Waals surface area contributed by atoms with Crippen LogP contribution in [0.1, 0.15) is 83.1 Å². The molecule has 2 aliphatic heterocycles. The quantitative estimate of drug-likeness (QED) is 0.631. The van der Waals surface area contributed by atoms with Crippen molar-refractivity contribution in [3.05, 3.63) is 39.8 Å². The maximum absolute atomic E-state index is 13.0. The first-order valence-corrected chi connectivity index (χ1v) is 12.0. The predicted octanol–water partition coefficient (Wildman–Crippen LogP) is 5.72. The Morgan fingerprint density at radius 2 is 1.41 bits per heavy atom. The van der Waals surface area contributed by atoms with Crippen LogP contribution < -0.4 is 5.56 Å². The third-order valence-electron chi connectivity index (χ3n) is 7.62. The van der Waals surface area contributed by atoms with Gasteiger partial charge in [0.2, 0.25) is 0 Å². The summed E-state index contributed by atoms with van der Waals surface area (Å²) in [5, 5.41) is 0.108. The molecule has 0 amide bonds. The molecule has 0 radical (unpaired) electrons. The summed E-state index contributed by atoms with van der Waals surface area (Å²) >= 11 is 6.26. The van der Waals surface area contributed by atoms with Gasteiger partial charge in [0.15, 0.2) is 5.15 Å². The maximum atomic E-state index is 13.0. The number of para-hydroxylation sites is 2. The van der Waals surface area contributed by atoms with Gasteiger partial charge in [-0.25, -0.2) is 4.98 Å². The standard InChI is InChI=1S/C24H32ClN3O/c25-23-24(29)28(22-14-7-6-13-21(22)26-23)20-15-18-11-8-12-19(16-20)27(18)17-9-4-2-1-3-5-10-17/h6-7,13-14,17-20H,1-5,8-12,15-16H2. The van der Waals surface area contributed by atoms with Gasteiger partial charge in [-0.05, 0) is 50.7 Å². The fraction of sp³-hybridized carbons (Fsp3) is 0.667. The van der Waals surface area contributed by atoms with Crippen LogP contribution in [0.5, 0.6) is 0 Å². The molecule has 3 aliphatic rings. The van der Waals surface area contributed by atoms with Crippen LogP contribution in [0.2, 0.25) is 5.15 Å². The topological polar surface area (TPSA) is 38.1 Å². The van der Waals surface area contributed by atoms with Crippen LogP contribution in [-0.4, -0.2) is 32.6 Å². The summed E-state index contributed by atoms with van der Waals surface area (Å²) < 4.78 is 1.98. The smallest absolute Gasteiger partial charge is 0.288 e. The van der Waals surface area contributed by atoms with E-state index in [2.05, 4.69) is 9.88 Å². The van der Waals surface area contributed by atoms with E-state index in [0.29, 0.717) is 12.1 Å². The van der Waals surface area contributed by atoms with E-state index in [1.807, 2.05) is 28.8 Å². The second-order valence-electron chi connectivity index (χ2n) is 9.38. The Labute approximate surface area is 178 Å². The molecule has 2 aromatic rings. The molecule has 0 N–H and O–H groups in total. The Balaban J connectivity index is 1.47. The molecular formula is C24H32ClN3O. The van der Waals surface area contributed by atoms with Gasteiger partial charge in [-0.3, -0.25) is 9.69 Å². The summed E-state index contributed by atoms with van der Waals surface area (Å²) in [4.78, 5) is 20.3. The molecule has 1 aromatic heterocycles. The van der Waals surface area contributed by atoms with Gasteiger partial charge in [0, 0.05) is 24.2 Å². The van der Waals surface area contributed by atoms with Gasteiger partial charge in [-0.1, -0.05) is 62.3 Å². The van der Waals surface area contributed by atoms with Crippen molar-refractivity contribution in [1.82, 2.24) is 14.5 Å². The maximum Gasteiger partial charge on any atom is 0.288 e. The van der Waals surface area contributed by atoms with Crippen LogP contribution >= 0.6 is 11.6 Å². The first-order valence-electron chi connectivity index (χ1n) is 11.7. The van der Waals surface area contributed by atoms with Gasteiger partial charge in [0.05, 0.1) is 11.0 Å². The van der Waals surface area contributed by atoms with Crippen molar-refractivity contribution >= 4 is 22.6 Å². The molecule has 3 fully saturated rings. The van der Waals surface area contributed by atoms with Crippen LogP contribution in [0, 0.1) is 0 Å². The van der Waals surface area contributed by atoms with Gasteiger partial charge in [-0.2, -0.15) is 0 Å². The Kier molecular flexibility index (Phi) is 5.66. The third-order valence-corrected chi connectivity index (χ3v) is 7.87. The zero-order valence-corrected chi connectivity index (χ0v) is 18.0. The number of hydrogen-bond acceptors (Lipinski definition) is 3. The SMILES string of the molecule is O=c1c(Cl)nc2ccccc2n1C1CC2CCCC(C1)N2C1CCCCCCC1. The zero-order chi connectivity index (χ0) is 19.8. The molecule has 3 heterocycles. The number of halogens is 1. The lowest BCUT2D eigenvalue weighted by Gasteiger charge is -2.53. The number of aromatic nitrogens is 2. The van der Waals surface area contributed by atoms with Crippen LogP contribution in [0.3, 0.4) is 0 Å². The lowest BCUT2D eigenvalue weighted by molar-refractivity contribution is -0.0246. The lowest BCUT2D eigenvalue weighted by Crippen LogP contribution is -2.57. The molecule has 1 aromatic carbocycles. The van der Waals surface area contributed by atoms with Crippen LogP contribution in [0.25, 0.3) is 11.0 Å². The average Bonchev–Trinajstić information content (AvgIpc) is 2.68. The van der Waals surface area contributed by atoms with Crippen LogP contribution in [0.15, 0.2) is 29.1 Å². The molecule has 29 heavy (non-hydrogen) atoms. The minimum Gasteiger partial charge on any atom is -0.301 e. The molecular weight excluding hydrogens is 382 g/mol. The molecule has 1 saturated carbocycles. The predicted molar refractivity (Wildman–Crippen MR) is 119 cm³/mol. The number of rotatable bonds is 2. The number of hydrogen-bond donors (Lipinski definition) is 0. The van der Waals surface area contributed by atoms with Crippen molar-refractivity contribution in [2.45, 2.75) is 101 Å². The molecule has 2 unspecified atom stereocenters. The van der Waals surface area contributed by atoms with E-state index in [1.54, 1.807) is 0 Å². The van der Waals surface area contributed by atoms with E-state index >= 15 is 0 Å². The molecule has 2 bridgehead atoms. The lowest BCUT2D eigenvalue weighted by atomic mass is 9.79. The Hall–Kier alpha value is -1.39. The molecule has 2 saturated heterocycles. The van der Waals surface area contributed by atoms with Gasteiger partial charge < -0.3 is 4.57 Å². The summed E-state index contributed by atoms with van der Waals surface area (Å²) in [6, 6.07) is 10.1. The highest BCUT2D eigenvalue weighted by atomic mass is 35.5. The molecule has 5 rings (SSSR count). The van der Waals surface area contributed by atoms with Crippen molar-refractivity contribution < 1.29 is 0 Å². The summed E-state index contributed by atoms with van der Waals surface area (Å²) in [5.74, 6) is 0. The average molecular weight is 414 g/mol. The molecule has 1 aliphatic carbocycles. The number of benzene rings is 1. The van der Waals surface area contributed by atoms with Crippen molar-refractivity contribution in [1.29, 1.82) is 0 Å². The summed E-state index contributed by atoms with van der Waals surface area (Å²) in [6.07, 6.45) is 15.7. The summed E-state index contributed by atoms with van der Waals surface area (Å²) in [6.45, 7) is 0. The van der Waals surface area contributed by atoms with E-state index in [9.17, 15) is 4.79 Å². The molecule has 0 spiro atoms. The molecule has 156 valence electrons. The Bertz CT molecular complexity index is 904. The zero-order valence-electron chi connectivity index (χ0n) is 17.2. The summed E-state index contributed by atoms with van der Waals surface area (Å²) in [7, 11) is 0. The Morgan fingerprint density at radius 3 is 2.14 bits per heavy atom. The van der Waals surface area contributed by atoms with Crippen LogP contribution in [-0.2, 0) is 0 Å². The highest BCUT2D eigenvalue weighted by molar-refractivity contribution is 6.29. The second-order valence-corrected chi connectivity index (χ2v) is 9.73. The molecule has 2 atom stereocenters. The normalized spacial score (nSPS) is 29.5. The number of fused-ring (bicyclic) bond motifs is 3. The van der Waals surface area contributed by atoms with E-state index in [0.717, 1.165) is 29.9 Å². The molecule has 4 nitrogen and oxygen atoms in total. The van der Waals surface area contributed by atoms with Gasteiger partial charge >= 0.3 is 0 Å². The van der Waals surface area contributed by atoms with E-state index in [1.165, 1.54) is 64.2 Å². The first kappa shape index (κ1) is 19.6. The minimum absolute atomic E-state index is 0.108. The van der Waals surface area contributed by atoms with E-state index in [4.69, 9.17) is 11.6 Å². The highest BCUT2D eigenvalue weighted by Gasteiger charge is 2.42. The Morgan fingerprint density at radius 1 is 0.793 bits per heavy atom. The third kappa shape index (κ3) is 3.74. The van der Waals surface area contributed by atoms with E-state index in [-0.39, 0.29) is 16.8 Å². The van der Waals surface area contributed by atoms with Crippen molar-refractivity contribution in [2.75, 3.05) is 0 Å². The van der Waals surface area contributed by atoms with Crippen molar-refractivity contribution in [3.63, 3.8) is 0 Å².